The summed E-state index contributed by atoms with van der Waals surface area (Å²) in [7, 11) is 0. The van der Waals surface area contributed by atoms with Crippen LogP contribution in [-0.4, -0.2) is 43.8 Å². The monoisotopic (exact) mass is 421 g/mol. The number of alkyl halides is 3. The van der Waals surface area contributed by atoms with Crippen molar-refractivity contribution in [1.29, 1.82) is 0 Å². The van der Waals surface area contributed by atoms with E-state index in [2.05, 4.69) is 15.2 Å². The van der Waals surface area contributed by atoms with Crippen LogP contribution < -0.4 is 0 Å². The average Bonchev–Trinajstić information content (AvgIpc) is 3.34. The SMILES string of the molecule is Cc1noc2nc(C3CCCN(C(=O)c4cnn(C(C)C)c4)C3)cc(C(F)(F)F)c12. The average molecular weight is 421 g/mol. The van der Waals surface area contributed by atoms with E-state index in [0.29, 0.717) is 24.9 Å². The van der Waals surface area contributed by atoms with Gasteiger partial charge in [0.2, 0.25) is 0 Å². The highest BCUT2D eigenvalue weighted by molar-refractivity contribution is 5.93. The second kappa shape index (κ2) is 7.41. The van der Waals surface area contributed by atoms with E-state index < -0.39 is 11.7 Å². The van der Waals surface area contributed by atoms with Crippen LogP contribution in [0.1, 0.15) is 66.0 Å². The molecule has 1 fully saturated rings. The third-order valence-corrected chi connectivity index (χ3v) is 5.45. The van der Waals surface area contributed by atoms with Crippen LogP contribution in [0.15, 0.2) is 23.0 Å². The van der Waals surface area contributed by atoms with Crippen LogP contribution in [0.4, 0.5) is 13.2 Å². The normalized spacial score (nSPS) is 17.8. The maximum atomic E-state index is 13.6. The highest BCUT2D eigenvalue weighted by Gasteiger charge is 2.37. The number of amides is 1. The van der Waals surface area contributed by atoms with Crippen LogP contribution in [0.25, 0.3) is 11.1 Å². The van der Waals surface area contributed by atoms with Gasteiger partial charge in [0, 0.05) is 31.2 Å². The Morgan fingerprint density at radius 1 is 1.33 bits per heavy atom. The molecule has 1 aliphatic rings. The number of carbonyl (C=O) groups excluding carboxylic acids is 1. The summed E-state index contributed by atoms with van der Waals surface area (Å²) < 4.78 is 47.7. The number of halogens is 3. The first-order valence-corrected chi connectivity index (χ1v) is 9.82. The van der Waals surface area contributed by atoms with Crippen molar-refractivity contribution in [3.8, 4) is 0 Å². The third-order valence-electron chi connectivity index (χ3n) is 5.45. The minimum absolute atomic E-state index is 0.115. The molecule has 1 aliphatic heterocycles. The molecular weight excluding hydrogens is 399 g/mol. The number of carbonyl (C=O) groups is 1. The van der Waals surface area contributed by atoms with Gasteiger partial charge >= 0.3 is 6.18 Å². The van der Waals surface area contributed by atoms with Crippen molar-refractivity contribution in [1.82, 2.24) is 24.8 Å². The van der Waals surface area contributed by atoms with Crippen molar-refractivity contribution in [2.75, 3.05) is 13.1 Å². The Kier molecular flexibility index (Phi) is 5.03. The molecule has 3 aromatic rings. The number of rotatable bonds is 3. The van der Waals surface area contributed by atoms with Crippen LogP contribution >= 0.6 is 0 Å². The molecular formula is C20H22F3N5O2. The van der Waals surface area contributed by atoms with Crippen LogP contribution in [0.2, 0.25) is 0 Å². The molecule has 10 heteroatoms. The Hall–Kier alpha value is -2.91. The van der Waals surface area contributed by atoms with Gasteiger partial charge in [-0.2, -0.15) is 18.3 Å². The summed E-state index contributed by atoms with van der Waals surface area (Å²) in [6.45, 7) is 6.21. The predicted molar refractivity (Wildman–Crippen MR) is 102 cm³/mol. The molecule has 1 atom stereocenters. The van der Waals surface area contributed by atoms with Crippen LogP contribution in [0.5, 0.6) is 0 Å². The van der Waals surface area contributed by atoms with Crippen molar-refractivity contribution in [2.45, 2.75) is 51.7 Å². The summed E-state index contributed by atoms with van der Waals surface area (Å²) in [4.78, 5) is 18.9. The Morgan fingerprint density at radius 2 is 2.10 bits per heavy atom. The first-order valence-electron chi connectivity index (χ1n) is 9.82. The second-order valence-electron chi connectivity index (χ2n) is 7.93. The zero-order chi connectivity index (χ0) is 21.6. The Balaban J connectivity index is 1.63. The second-order valence-corrected chi connectivity index (χ2v) is 7.93. The van der Waals surface area contributed by atoms with Gasteiger partial charge in [-0.3, -0.25) is 9.48 Å². The van der Waals surface area contributed by atoms with Crippen molar-refractivity contribution < 1.29 is 22.5 Å². The Morgan fingerprint density at radius 3 is 2.77 bits per heavy atom. The van der Waals surface area contributed by atoms with Crippen molar-refractivity contribution in [3.63, 3.8) is 0 Å². The molecule has 0 spiro atoms. The van der Waals surface area contributed by atoms with Crippen LogP contribution in [0.3, 0.4) is 0 Å². The molecule has 1 saturated heterocycles. The Bertz CT molecular complexity index is 1090. The lowest BCUT2D eigenvalue weighted by Gasteiger charge is -2.32. The molecule has 1 amide bonds. The lowest BCUT2D eigenvalue weighted by Crippen LogP contribution is -2.39. The molecule has 0 aliphatic carbocycles. The standard InChI is InChI=1S/C20H22F3N5O2/c1-11(2)28-10-14(8-24-28)19(29)27-6-4-5-13(9-27)16-7-15(20(21,22)23)17-12(3)26-30-18(17)25-16/h7-8,10-11,13H,4-6,9H2,1-3H3. The van der Waals surface area contributed by atoms with Crippen LogP contribution in [-0.2, 0) is 6.18 Å². The molecule has 4 heterocycles. The van der Waals surface area contributed by atoms with E-state index in [0.717, 1.165) is 6.07 Å². The summed E-state index contributed by atoms with van der Waals surface area (Å²) >= 11 is 0. The van der Waals surface area contributed by atoms with Gasteiger partial charge in [-0.15, -0.1) is 0 Å². The van der Waals surface area contributed by atoms with Gasteiger partial charge in [0.1, 0.15) is 0 Å². The molecule has 0 N–H and O–H groups in total. The summed E-state index contributed by atoms with van der Waals surface area (Å²) in [6, 6.07) is 1.20. The van der Waals surface area contributed by atoms with E-state index in [1.807, 2.05) is 13.8 Å². The third kappa shape index (κ3) is 3.66. The number of nitrogens with zero attached hydrogens (tertiary/aromatic N) is 5. The number of pyridine rings is 1. The molecule has 0 saturated carbocycles. The minimum Gasteiger partial charge on any atom is -0.338 e. The van der Waals surface area contributed by atoms with Gasteiger partial charge in [0.25, 0.3) is 11.6 Å². The quantitative estimate of drug-likeness (QED) is 0.629. The molecule has 160 valence electrons. The summed E-state index contributed by atoms with van der Waals surface area (Å²) in [6.07, 6.45) is -0.0275. The lowest BCUT2D eigenvalue weighted by atomic mass is 9.92. The Labute approximate surface area is 170 Å². The minimum atomic E-state index is -4.55. The van der Waals surface area contributed by atoms with E-state index in [-0.39, 0.29) is 46.9 Å². The summed E-state index contributed by atoms with van der Waals surface area (Å²) in [5, 5.41) is 7.73. The van der Waals surface area contributed by atoms with Gasteiger partial charge in [-0.05, 0) is 39.7 Å². The number of aryl methyl sites for hydroxylation is 1. The first kappa shape index (κ1) is 20.4. The van der Waals surface area contributed by atoms with E-state index in [1.165, 1.54) is 13.1 Å². The number of hydrogen-bond acceptors (Lipinski definition) is 5. The number of piperidine rings is 1. The van der Waals surface area contributed by atoms with Gasteiger partial charge in [0.15, 0.2) is 0 Å². The fraction of sp³-hybridized carbons (Fsp3) is 0.500. The first-order chi connectivity index (χ1) is 14.1. The molecule has 4 rings (SSSR count). The van der Waals surface area contributed by atoms with Gasteiger partial charge in [-0.25, -0.2) is 4.98 Å². The van der Waals surface area contributed by atoms with E-state index >= 15 is 0 Å². The zero-order valence-electron chi connectivity index (χ0n) is 16.9. The molecule has 30 heavy (non-hydrogen) atoms. The van der Waals surface area contributed by atoms with Crippen LogP contribution in [0, 0.1) is 6.92 Å². The number of hydrogen-bond donors (Lipinski definition) is 0. The smallest absolute Gasteiger partial charge is 0.338 e. The maximum absolute atomic E-state index is 13.6. The predicted octanol–water partition coefficient (Wildman–Crippen LogP) is 4.35. The largest absolute Gasteiger partial charge is 0.417 e. The molecule has 0 bridgehead atoms. The van der Waals surface area contributed by atoms with Gasteiger partial charge < -0.3 is 9.42 Å². The number of aromatic nitrogens is 4. The van der Waals surface area contributed by atoms with Gasteiger partial charge in [0.05, 0.1) is 34.1 Å². The summed E-state index contributed by atoms with van der Waals surface area (Å²) in [5.74, 6) is -0.502. The van der Waals surface area contributed by atoms with E-state index in [9.17, 15) is 18.0 Å². The molecule has 7 nitrogen and oxygen atoms in total. The zero-order valence-corrected chi connectivity index (χ0v) is 16.9. The van der Waals surface area contributed by atoms with E-state index in [4.69, 9.17) is 4.52 Å². The van der Waals surface area contributed by atoms with Crippen molar-refractivity contribution >= 4 is 17.0 Å². The fourth-order valence-electron chi connectivity index (χ4n) is 3.86. The topological polar surface area (TPSA) is 77.1 Å². The van der Waals surface area contributed by atoms with Crippen molar-refractivity contribution in [2.24, 2.45) is 0 Å². The highest BCUT2D eigenvalue weighted by atomic mass is 19.4. The van der Waals surface area contributed by atoms with E-state index in [1.54, 1.807) is 15.8 Å². The number of fused-ring (bicyclic) bond motifs is 1. The number of likely N-dealkylation sites (tertiary alicyclic amines) is 1. The maximum Gasteiger partial charge on any atom is 0.417 e. The lowest BCUT2D eigenvalue weighted by molar-refractivity contribution is -0.136. The molecule has 1 unspecified atom stereocenters. The molecule has 0 radical (unpaired) electrons. The van der Waals surface area contributed by atoms with Crippen molar-refractivity contribution in [3.05, 3.63) is 41.0 Å². The highest BCUT2D eigenvalue weighted by Crippen LogP contribution is 2.38. The molecule has 0 aromatic carbocycles. The summed E-state index contributed by atoms with van der Waals surface area (Å²) in [5.41, 5.74) is -0.0446. The van der Waals surface area contributed by atoms with Gasteiger partial charge in [-0.1, -0.05) is 5.16 Å². The molecule has 3 aromatic heterocycles. The fourth-order valence-corrected chi connectivity index (χ4v) is 3.86.